The van der Waals surface area contributed by atoms with Crippen LogP contribution in [-0.2, 0) is 32.7 Å². The van der Waals surface area contributed by atoms with Crippen molar-refractivity contribution in [3.8, 4) is 10.6 Å². The highest BCUT2D eigenvalue weighted by atomic mass is 32.1. The molecule has 0 bridgehead atoms. The maximum absolute atomic E-state index is 13.2. The Morgan fingerprint density at radius 1 is 1.21 bits per heavy atom. The molecule has 0 unspecified atom stereocenters. The van der Waals surface area contributed by atoms with Crippen molar-refractivity contribution in [2.75, 3.05) is 19.0 Å². The van der Waals surface area contributed by atoms with Gasteiger partial charge in [-0.1, -0.05) is 18.2 Å². The molecule has 4 heterocycles. The summed E-state index contributed by atoms with van der Waals surface area (Å²) in [5, 5.41) is 9.29. The van der Waals surface area contributed by atoms with Crippen molar-refractivity contribution in [3.05, 3.63) is 86.3 Å². The van der Waals surface area contributed by atoms with Crippen LogP contribution < -0.4 is 15.7 Å². The van der Waals surface area contributed by atoms with Crippen LogP contribution in [-0.4, -0.2) is 44.0 Å². The van der Waals surface area contributed by atoms with Crippen LogP contribution in [0.1, 0.15) is 32.9 Å². The second-order valence-electron chi connectivity index (χ2n) is 8.68. The van der Waals surface area contributed by atoms with Crippen LogP contribution in [0.15, 0.2) is 52.6 Å². The van der Waals surface area contributed by atoms with E-state index in [0.29, 0.717) is 29.8 Å². The van der Waals surface area contributed by atoms with Gasteiger partial charge in [0.15, 0.2) is 5.69 Å². The van der Waals surface area contributed by atoms with Gasteiger partial charge in [0, 0.05) is 26.6 Å². The minimum absolute atomic E-state index is 0.0491. The van der Waals surface area contributed by atoms with Crippen LogP contribution in [0.4, 0.5) is 19.1 Å². The Morgan fingerprint density at radius 2 is 1.97 bits per heavy atom. The van der Waals surface area contributed by atoms with Gasteiger partial charge in [-0.2, -0.15) is 18.3 Å². The number of nitrogens with one attached hydrogen (secondary N) is 1. The molecule has 1 aromatic carbocycles. The van der Waals surface area contributed by atoms with Gasteiger partial charge in [-0.05, 0) is 35.2 Å². The lowest BCUT2D eigenvalue weighted by Gasteiger charge is -2.28. The van der Waals surface area contributed by atoms with E-state index in [-0.39, 0.29) is 30.6 Å². The van der Waals surface area contributed by atoms with Gasteiger partial charge in [-0.3, -0.25) is 14.3 Å². The van der Waals surface area contributed by atoms with Gasteiger partial charge in [0.2, 0.25) is 5.95 Å². The molecule has 0 saturated heterocycles. The van der Waals surface area contributed by atoms with E-state index in [2.05, 4.69) is 15.4 Å². The number of hydrogen-bond acceptors (Lipinski definition) is 7. The number of thiophene rings is 1. The summed E-state index contributed by atoms with van der Waals surface area (Å²) in [5.41, 5.74) is 1.34. The lowest BCUT2D eigenvalue weighted by molar-refractivity contribution is -0.137. The lowest BCUT2D eigenvalue weighted by atomic mass is 10.1. The van der Waals surface area contributed by atoms with Crippen molar-refractivity contribution in [2.24, 2.45) is 7.05 Å². The Hall–Kier alpha value is -4.13. The van der Waals surface area contributed by atoms with Crippen molar-refractivity contribution in [1.29, 1.82) is 0 Å². The standard InChI is InChI=1S/C25H23F3N6O3S/c1-32-20(21-4-3-11-38-21)12-19(31-32)23(36)33-10-9-18-17(14-33)22(35)34(37-2)24(30-18)29-13-15-5-7-16(8-6-15)25(26,27)28/h3-8,11-12H,9-10,13-14H2,1-2H3,(H,29,30). The van der Waals surface area contributed by atoms with Crippen LogP contribution in [0, 0.1) is 0 Å². The van der Waals surface area contributed by atoms with Crippen LogP contribution in [0.2, 0.25) is 0 Å². The molecule has 0 spiro atoms. The summed E-state index contributed by atoms with van der Waals surface area (Å²) in [6, 6.07) is 10.3. The van der Waals surface area contributed by atoms with E-state index in [4.69, 9.17) is 4.84 Å². The normalized spacial score (nSPS) is 13.3. The van der Waals surface area contributed by atoms with E-state index in [9.17, 15) is 22.8 Å². The maximum atomic E-state index is 13.2. The average Bonchev–Trinajstić information content (AvgIpc) is 3.56. The zero-order valence-corrected chi connectivity index (χ0v) is 21.3. The number of carbonyl (C=O) groups excluding carboxylic acids is 1. The number of aryl methyl sites for hydroxylation is 1. The summed E-state index contributed by atoms with van der Waals surface area (Å²) >= 11 is 1.55. The summed E-state index contributed by atoms with van der Waals surface area (Å²) in [4.78, 5) is 38.8. The number of fused-ring (bicyclic) bond motifs is 1. The molecule has 0 saturated carbocycles. The summed E-state index contributed by atoms with van der Waals surface area (Å²) in [6.45, 7) is 0.523. The molecule has 5 rings (SSSR count). The van der Waals surface area contributed by atoms with E-state index in [1.165, 1.54) is 19.2 Å². The average molecular weight is 545 g/mol. The van der Waals surface area contributed by atoms with Crippen molar-refractivity contribution < 1.29 is 22.8 Å². The largest absolute Gasteiger partial charge is 0.416 e. The Kier molecular flexibility index (Phi) is 6.69. The molecular formula is C25H23F3N6O3S. The van der Waals surface area contributed by atoms with E-state index in [1.54, 1.807) is 34.0 Å². The van der Waals surface area contributed by atoms with E-state index in [0.717, 1.165) is 27.4 Å². The number of benzene rings is 1. The second kappa shape index (κ2) is 9.97. The summed E-state index contributed by atoms with van der Waals surface area (Å²) < 4.78 is 41.1. The predicted molar refractivity (Wildman–Crippen MR) is 135 cm³/mol. The first kappa shape index (κ1) is 25.5. The molecule has 0 radical (unpaired) electrons. The lowest BCUT2D eigenvalue weighted by Crippen LogP contribution is -2.42. The van der Waals surface area contributed by atoms with Gasteiger partial charge in [-0.25, -0.2) is 4.98 Å². The van der Waals surface area contributed by atoms with Crippen LogP contribution in [0.5, 0.6) is 0 Å². The Bertz CT molecular complexity index is 1530. The van der Waals surface area contributed by atoms with Crippen LogP contribution >= 0.6 is 11.3 Å². The Labute approximate surface area is 219 Å². The Morgan fingerprint density at radius 3 is 2.63 bits per heavy atom. The van der Waals surface area contributed by atoms with Crippen molar-refractivity contribution in [3.63, 3.8) is 0 Å². The number of amides is 1. The van der Waals surface area contributed by atoms with Crippen molar-refractivity contribution in [1.82, 2.24) is 24.4 Å². The summed E-state index contributed by atoms with van der Waals surface area (Å²) in [6.07, 6.45) is -4.07. The number of hydrogen-bond donors (Lipinski definition) is 1. The topological polar surface area (TPSA) is 94.3 Å². The number of nitrogens with zero attached hydrogens (tertiary/aromatic N) is 5. The van der Waals surface area contributed by atoms with Crippen LogP contribution in [0.25, 0.3) is 10.6 Å². The molecule has 4 aromatic rings. The zero-order valence-electron chi connectivity index (χ0n) is 20.5. The third kappa shape index (κ3) is 4.88. The Balaban J connectivity index is 1.34. The fraction of sp³-hybridized carbons (Fsp3) is 0.280. The first-order valence-corrected chi connectivity index (χ1v) is 12.5. The van der Waals surface area contributed by atoms with Gasteiger partial charge in [0.05, 0.1) is 33.9 Å². The van der Waals surface area contributed by atoms with Gasteiger partial charge in [0.1, 0.15) is 7.11 Å². The highest BCUT2D eigenvalue weighted by Crippen LogP contribution is 2.29. The smallest absolute Gasteiger partial charge is 0.411 e. The number of anilines is 1. The van der Waals surface area contributed by atoms with Gasteiger partial charge >= 0.3 is 6.18 Å². The molecule has 38 heavy (non-hydrogen) atoms. The van der Waals surface area contributed by atoms with Gasteiger partial charge < -0.3 is 15.1 Å². The third-order valence-corrected chi connectivity index (χ3v) is 7.16. The predicted octanol–water partition coefficient (Wildman–Crippen LogP) is 3.59. The van der Waals surface area contributed by atoms with E-state index in [1.807, 2.05) is 17.5 Å². The van der Waals surface area contributed by atoms with Crippen molar-refractivity contribution in [2.45, 2.75) is 25.7 Å². The number of carbonyl (C=O) groups is 1. The molecule has 1 N–H and O–H groups in total. The molecule has 9 nitrogen and oxygen atoms in total. The summed E-state index contributed by atoms with van der Waals surface area (Å²) in [7, 11) is 3.09. The van der Waals surface area contributed by atoms with Crippen LogP contribution in [0.3, 0.4) is 0 Å². The highest BCUT2D eigenvalue weighted by Gasteiger charge is 2.30. The zero-order chi connectivity index (χ0) is 27.0. The molecule has 1 aliphatic rings. The number of rotatable bonds is 6. The first-order valence-electron chi connectivity index (χ1n) is 11.6. The van der Waals surface area contributed by atoms with Gasteiger partial charge in [0.25, 0.3) is 11.5 Å². The number of alkyl halides is 3. The molecular weight excluding hydrogens is 521 g/mol. The number of halogens is 3. The quantitative estimate of drug-likeness (QED) is 0.399. The highest BCUT2D eigenvalue weighted by molar-refractivity contribution is 7.13. The second-order valence-corrected chi connectivity index (χ2v) is 9.63. The van der Waals surface area contributed by atoms with E-state index >= 15 is 0 Å². The molecule has 1 amide bonds. The molecule has 198 valence electrons. The summed E-state index contributed by atoms with van der Waals surface area (Å²) in [5.74, 6) is -0.164. The van der Waals surface area contributed by atoms with Gasteiger partial charge in [-0.15, -0.1) is 16.1 Å². The fourth-order valence-corrected chi connectivity index (χ4v) is 5.07. The van der Waals surface area contributed by atoms with E-state index < -0.39 is 17.3 Å². The maximum Gasteiger partial charge on any atom is 0.416 e. The minimum Gasteiger partial charge on any atom is -0.411 e. The van der Waals surface area contributed by atoms with Crippen molar-refractivity contribution >= 4 is 23.2 Å². The molecule has 3 aromatic heterocycles. The first-order chi connectivity index (χ1) is 18.2. The fourth-order valence-electron chi connectivity index (χ4n) is 4.29. The SMILES string of the molecule is COn1c(NCc2ccc(C(F)(F)F)cc2)nc2c(c1=O)CN(C(=O)c1cc(-c3cccs3)n(C)n1)CC2. The molecule has 13 heteroatoms. The number of aromatic nitrogens is 4. The minimum atomic E-state index is -4.42. The molecule has 1 aliphatic heterocycles. The third-order valence-electron chi connectivity index (χ3n) is 6.27. The molecule has 0 aliphatic carbocycles. The monoisotopic (exact) mass is 544 g/mol. The molecule has 0 fully saturated rings. The molecule has 0 atom stereocenters.